The minimum absolute atomic E-state index is 0.325. The topological polar surface area (TPSA) is 55.7 Å². The van der Waals surface area contributed by atoms with E-state index in [9.17, 15) is 9.59 Å². The average molecular weight is 287 g/mol. The quantitative estimate of drug-likeness (QED) is 0.483. The fraction of sp³-hybridized carbons (Fsp3) is 0.200. The van der Waals surface area contributed by atoms with Crippen molar-refractivity contribution in [2.24, 2.45) is 4.99 Å². The molecule has 0 spiro atoms. The fourth-order valence-electron chi connectivity index (χ4n) is 1.87. The van der Waals surface area contributed by atoms with E-state index in [0.29, 0.717) is 6.42 Å². The fourth-order valence-corrected chi connectivity index (χ4v) is 2.53. The molecule has 0 aliphatic heterocycles. The first kappa shape index (κ1) is 14.2. The summed E-state index contributed by atoms with van der Waals surface area (Å²) < 4.78 is 4.61. The van der Waals surface area contributed by atoms with Crippen LogP contribution < -0.4 is 0 Å². The summed E-state index contributed by atoms with van der Waals surface area (Å²) in [6, 6.07) is 9.02. The van der Waals surface area contributed by atoms with Crippen molar-refractivity contribution in [3.8, 4) is 11.1 Å². The van der Waals surface area contributed by atoms with E-state index in [1.165, 1.54) is 13.2 Å². The van der Waals surface area contributed by atoms with Crippen LogP contribution in [-0.2, 0) is 20.7 Å². The molecule has 2 rings (SSSR count). The Balaban J connectivity index is 2.13. The van der Waals surface area contributed by atoms with Gasteiger partial charge in [0.1, 0.15) is 0 Å². The van der Waals surface area contributed by atoms with Crippen molar-refractivity contribution in [3.05, 3.63) is 46.7 Å². The van der Waals surface area contributed by atoms with Crippen molar-refractivity contribution in [2.45, 2.75) is 12.5 Å². The lowest BCUT2D eigenvalue weighted by atomic mass is 10.0. The molecular formula is C15H13NO3S. The van der Waals surface area contributed by atoms with E-state index in [4.69, 9.17) is 0 Å². The van der Waals surface area contributed by atoms with Crippen molar-refractivity contribution in [1.82, 2.24) is 0 Å². The van der Waals surface area contributed by atoms with Gasteiger partial charge >= 0.3 is 5.97 Å². The van der Waals surface area contributed by atoms with Gasteiger partial charge in [-0.25, -0.2) is 9.59 Å². The van der Waals surface area contributed by atoms with E-state index in [1.807, 2.05) is 35.7 Å². The van der Waals surface area contributed by atoms with Crippen molar-refractivity contribution in [2.75, 3.05) is 7.11 Å². The van der Waals surface area contributed by atoms with Crippen LogP contribution in [0.5, 0.6) is 0 Å². The van der Waals surface area contributed by atoms with Crippen LogP contribution in [0.25, 0.3) is 11.1 Å². The predicted molar refractivity (Wildman–Crippen MR) is 77.4 cm³/mol. The lowest BCUT2D eigenvalue weighted by Crippen LogP contribution is -2.22. The molecule has 0 aliphatic rings. The number of methoxy groups -OCH3 is 1. The van der Waals surface area contributed by atoms with Crippen LogP contribution >= 0.6 is 11.3 Å². The number of hydrogen-bond donors (Lipinski definition) is 0. The molecule has 0 amide bonds. The van der Waals surface area contributed by atoms with Crippen LogP contribution in [0.4, 0.5) is 0 Å². The number of ether oxygens (including phenoxy) is 1. The first-order valence-electron chi connectivity index (χ1n) is 6.01. The van der Waals surface area contributed by atoms with Gasteiger partial charge in [0.15, 0.2) is 6.04 Å². The van der Waals surface area contributed by atoms with Gasteiger partial charge in [0.2, 0.25) is 6.08 Å². The Labute approximate surface area is 120 Å². The van der Waals surface area contributed by atoms with E-state index in [1.54, 1.807) is 11.3 Å². The number of esters is 1. The summed E-state index contributed by atoms with van der Waals surface area (Å²) in [5, 5.41) is 4.10. The van der Waals surface area contributed by atoms with E-state index >= 15 is 0 Å². The summed E-state index contributed by atoms with van der Waals surface area (Å²) in [5.41, 5.74) is 3.19. The minimum atomic E-state index is -0.829. The molecule has 1 atom stereocenters. The number of carbonyl (C=O) groups excluding carboxylic acids is 2. The second-order valence-corrected chi connectivity index (χ2v) is 4.95. The number of isocyanates is 1. The van der Waals surface area contributed by atoms with Gasteiger partial charge in [-0.05, 0) is 33.5 Å². The molecule has 0 fully saturated rings. The molecule has 0 saturated carbocycles. The molecule has 0 saturated heterocycles. The normalized spacial score (nSPS) is 11.4. The maximum Gasteiger partial charge on any atom is 0.331 e. The molecule has 20 heavy (non-hydrogen) atoms. The van der Waals surface area contributed by atoms with Gasteiger partial charge in [0.25, 0.3) is 0 Å². The van der Waals surface area contributed by atoms with Crippen molar-refractivity contribution < 1.29 is 14.3 Å². The van der Waals surface area contributed by atoms with Crippen LogP contribution in [0.1, 0.15) is 5.56 Å². The van der Waals surface area contributed by atoms with Gasteiger partial charge in [0, 0.05) is 6.42 Å². The number of carbonyl (C=O) groups is 1. The highest BCUT2D eigenvalue weighted by atomic mass is 32.1. The third-order valence-electron chi connectivity index (χ3n) is 2.92. The summed E-state index contributed by atoms with van der Waals surface area (Å²) >= 11 is 1.64. The van der Waals surface area contributed by atoms with Gasteiger partial charge in [0.05, 0.1) is 7.11 Å². The molecule has 5 heteroatoms. The molecule has 2 aromatic rings. The number of hydrogen-bond acceptors (Lipinski definition) is 5. The van der Waals surface area contributed by atoms with E-state index in [0.717, 1.165) is 16.7 Å². The Kier molecular flexibility index (Phi) is 4.82. The number of thiophene rings is 1. The SMILES string of the molecule is COC(=O)[C@@H](Cc1ccc(-c2ccsc2)cc1)N=C=O. The standard InChI is InChI=1S/C15H13NO3S/c1-19-15(18)14(16-10-17)8-11-2-4-12(5-3-11)13-6-7-20-9-13/h2-7,9,14H,8H2,1H3/t14-/m1/s1. The molecule has 0 radical (unpaired) electrons. The molecule has 1 heterocycles. The zero-order chi connectivity index (χ0) is 14.4. The summed E-state index contributed by atoms with van der Waals surface area (Å²) in [7, 11) is 1.27. The monoisotopic (exact) mass is 287 g/mol. The third kappa shape index (κ3) is 3.41. The van der Waals surface area contributed by atoms with Gasteiger partial charge < -0.3 is 4.74 Å². The van der Waals surface area contributed by atoms with E-state index < -0.39 is 12.0 Å². The Hall–Kier alpha value is -2.23. The minimum Gasteiger partial charge on any atom is -0.467 e. The third-order valence-corrected chi connectivity index (χ3v) is 3.60. The highest BCUT2D eigenvalue weighted by molar-refractivity contribution is 7.08. The predicted octanol–water partition coefficient (Wildman–Crippen LogP) is 2.84. The summed E-state index contributed by atoms with van der Waals surface area (Å²) in [6.45, 7) is 0. The maximum absolute atomic E-state index is 11.5. The largest absolute Gasteiger partial charge is 0.467 e. The van der Waals surface area contributed by atoms with Gasteiger partial charge in [-0.1, -0.05) is 24.3 Å². The van der Waals surface area contributed by atoms with Crippen LogP contribution in [-0.4, -0.2) is 25.2 Å². The summed E-state index contributed by atoms with van der Waals surface area (Å²) in [5.74, 6) is -0.532. The van der Waals surface area contributed by atoms with Gasteiger partial charge in [-0.3, -0.25) is 0 Å². The second-order valence-electron chi connectivity index (χ2n) is 4.17. The number of nitrogens with zero attached hydrogens (tertiary/aromatic N) is 1. The summed E-state index contributed by atoms with van der Waals surface area (Å²) in [4.78, 5) is 25.3. The number of benzene rings is 1. The lowest BCUT2D eigenvalue weighted by Gasteiger charge is -2.08. The number of rotatable bonds is 5. The lowest BCUT2D eigenvalue weighted by molar-refractivity contribution is -0.142. The van der Waals surface area contributed by atoms with Crippen molar-refractivity contribution in [1.29, 1.82) is 0 Å². The molecule has 0 N–H and O–H groups in total. The molecule has 0 aliphatic carbocycles. The Morgan fingerprint density at radius 2 is 2.05 bits per heavy atom. The van der Waals surface area contributed by atoms with E-state index in [-0.39, 0.29) is 0 Å². The molecule has 4 nitrogen and oxygen atoms in total. The number of aliphatic imine (C=N–C) groups is 1. The molecular weight excluding hydrogens is 274 g/mol. The van der Waals surface area contributed by atoms with Crippen LogP contribution in [0.2, 0.25) is 0 Å². The van der Waals surface area contributed by atoms with Gasteiger partial charge in [-0.15, -0.1) is 0 Å². The van der Waals surface area contributed by atoms with Crippen molar-refractivity contribution in [3.63, 3.8) is 0 Å². The highest BCUT2D eigenvalue weighted by Crippen LogP contribution is 2.22. The van der Waals surface area contributed by atoms with Crippen molar-refractivity contribution >= 4 is 23.4 Å². The zero-order valence-electron chi connectivity index (χ0n) is 10.9. The zero-order valence-corrected chi connectivity index (χ0v) is 11.7. The molecule has 1 aromatic heterocycles. The first-order chi connectivity index (χ1) is 9.74. The average Bonchev–Trinajstić information content (AvgIpc) is 3.01. The molecule has 1 aromatic carbocycles. The van der Waals surface area contributed by atoms with Crippen LogP contribution in [0, 0.1) is 0 Å². The molecule has 102 valence electrons. The Morgan fingerprint density at radius 1 is 1.30 bits per heavy atom. The Bertz CT molecular complexity index is 613. The molecule has 0 unspecified atom stereocenters. The smallest absolute Gasteiger partial charge is 0.331 e. The maximum atomic E-state index is 11.5. The summed E-state index contributed by atoms with van der Waals surface area (Å²) in [6.07, 6.45) is 1.74. The van der Waals surface area contributed by atoms with Crippen LogP contribution in [0.3, 0.4) is 0 Å². The van der Waals surface area contributed by atoms with Gasteiger partial charge in [-0.2, -0.15) is 16.3 Å². The van der Waals surface area contributed by atoms with Crippen LogP contribution in [0.15, 0.2) is 46.1 Å². The first-order valence-corrected chi connectivity index (χ1v) is 6.95. The Morgan fingerprint density at radius 3 is 2.60 bits per heavy atom. The molecule has 0 bridgehead atoms. The highest BCUT2D eigenvalue weighted by Gasteiger charge is 2.18. The second kappa shape index (κ2) is 6.80. The van der Waals surface area contributed by atoms with E-state index in [2.05, 4.69) is 15.1 Å².